The fourth-order valence-electron chi connectivity index (χ4n) is 1.59. The van der Waals surface area contributed by atoms with Crippen LogP contribution < -0.4 is 5.32 Å². The van der Waals surface area contributed by atoms with Crippen LogP contribution >= 0.6 is 11.3 Å². The van der Waals surface area contributed by atoms with Crippen LogP contribution in [0.3, 0.4) is 0 Å². The van der Waals surface area contributed by atoms with E-state index >= 15 is 0 Å². The van der Waals surface area contributed by atoms with E-state index in [1.807, 2.05) is 0 Å². The Morgan fingerprint density at radius 2 is 2.33 bits per heavy atom. The monoisotopic (exact) mass is 271 g/mol. The van der Waals surface area contributed by atoms with Crippen LogP contribution in [0, 0.1) is 0 Å². The molecule has 7 nitrogen and oxygen atoms in total. The number of carbonyl (C=O) groups excluding carboxylic acids is 1. The molecule has 1 unspecified atom stereocenters. The number of carbonyl (C=O) groups is 2. The Hall–Kier alpha value is -1.54. The number of anilines is 1. The van der Waals surface area contributed by atoms with Crippen LogP contribution in [-0.2, 0) is 20.7 Å². The second-order valence-electron chi connectivity index (χ2n) is 3.89. The van der Waals surface area contributed by atoms with Gasteiger partial charge in [0.2, 0.25) is 5.13 Å². The van der Waals surface area contributed by atoms with Crippen LogP contribution in [0.5, 0.6) is 0 Å². The smallest absolute Gasteiger partial charge is 0.303 e. The van der Waals surface area contributed by atoms with Crippen molar-refractivity contribution in [1.82, 2.24) is 10.2 Å². The van der Waals surface area contributed by atoms with Crippen LogP contribution in [0.15, 0.2) is 0 Å². The summed E-state index contributed by atoms with van der Waals surface area (Å²) < 4.78 is 5.24. The Labute approximate surface area is 107 Å². The standard InChI is InChI=1S/C10H13N3O4S/c14-8(15)4-3-7-12-13-10(18-7)11-9(16)6-2-1-5-17-6/h6H,1-5H2,(H,14,15)(H,11,13,16). The average molecular weight is 271 g/mol. The van der Waals surface area contributed by atoms with Gasteiger partial charge in [-0.2, -0.15) is 0 Å². The number of hydrogen-bond donors (Lipinski definition) is 2. The number of amides is 1. The molecule has 0 aliphatic carbocycles. The molecule has 1 atom stereocenters. The Morgan fingerprint density at radius 1 is 1.50 bits per heavy atom. The number of rotatable bonds is 5. The third kappa shape index (κ3) is 3.47. The molecular formula is C10H13N3O4S. The minimum absolute atomic E-state index is 0.00825. The molecule has 0 saturated carbocycles. The molecule has 18 heavy (non-hydrogen) atoms. The molecule has 1 amide bonds. The van der Waals surface area contributed by atoms with Crippen molar-refractivity contribution in [2.75, 3.05) is 11.9 Å². The first-order valence-corrected chi connectivity index (χ1v) is 6.43. The number of carboxylic acid groups (broad SMARTS) is 1. The van der Waals surface area contributed by atoms with Crippen LogP contribution in [-0.4, -0.2) is 39.9 Å². The summed E-state index contributed by atoms with van der Waals surface area (Å²) in [5, 5.41) is 19.8. The first kappa shape index (κ1) is 12.9. The molecule has 1 saturated heterocycles. The van der Waals surface area contributed by atoms with E-state index in [1.54, 1.807) is 0 Å². The van der Waals surface area contributed by atoms with Gasteiger partial charge in [-0.1, -0.05) is 11.3 Å². The summed E-state index contributed by atoms with van der Waals surface area (Å²) in [5.74, 6) is -1.09. The lowest BCUT2D eigenvalue weighted by molar-refractivity contribution is -0.137. The predicted octanol–water partition coefficient (Wildman–Crippen LogP) is 0.673. The average Bonchev–Trinajstić information content (AvgIpc) is 2.97. The molecule has 2 rings (SSSR count). The van der Waals surface area contributed by atoms with Crippen molar-refractivity contribution < 1.29 is 19.4 Å². The molecule has 1 aromatic heterocycles. The maximum absolute atomic E-state index is 11.7. The Morgan fingerprint density at radius 3 is 3.00 bits per heavy atom. The van der Waals surface area contributed by atoms with Crippen molar-refractivity contribution in [2.45, 2.75) is 31.8 Å². The second kappa shape index (κ2) is 5.87. The Bertz CT molecular complexity index is 442. The number of ether oxygens (including phenoxy) is 1. The third-order valence-electron chi connectivity index (χ3n) is 2.47. The number of aryl methyl sites for hydroxylation is 1. The fraction of sp³-hybridized carbons (Fsp3) is 0.600. The van der Waals surface area contributed by atoms with E-state index in [1.165, 1.54) is 11.3 Å². The fourth-order valence-corrected chi connectivity index (χ4v) is 2.33. The van der Waals surface area contributed by atoms with Gasteiger partial charge in [-0.15, -0.1) is 10.2 Å². The van der Waals surface area contributed by atoms with Gasteiger partial charge in [0.25, 0.3) is 5.91 Å². The van der Waals surface area contributed by atoms with E-state index in [0.29, 0.717) is 23.2 Å². The normalized spacial score (nSPS) is 18.8. The zero-order valence-corrected chi connectivity index (χ0v) is 10.4. The van der Waals surface area contributed by atoms with Crippen molar-refractivity contribution in [3.05, 3.63) is 5.01 Å². The lowest BCUT2D eigenvalue weighted by Crippen LogP contribution is -2.26. The van der Waals surface area contributed by atoms with Gasteiger partial charge >= 0.3 is 5.97 Å². The van der Waals surface area contributed by atoms with Crippen LogP contribution in [0.1, 0.15) is 24.3 Å². The van der Waals surface area contributed by atoms with E-state index in [0.717, 1.165) is 12.8 Å². The largest absolute Gasteiger partial charge is 0.481 e. The van der Waals surface area contributed by atoms with Crippen molar-refractivity contribution in [2.24, 2.45) is 0 Å². The van der Waals surface area contributed by atoms with Crippen LogP contribution in [0.4, 0.5) is 5.13 Å². The first-order chi connectivity index (χ1) is 8.65. The summed E-state index contributed by atoms with van der Waals surface area (Å²) in [6, 6.07) is 0. The topological polar surface area (TPSA) is 101 Å². The van der Waals surface area contributed by atoms with E-state index in [2.05, 4.69) is 15.5 Å². The number of aliphatic carboxylic acids is 1. The molecule has 0 aromatic carbocycles. The van der Waals surface area contributed by atoms with E-state index in [9.17, 15) is 9.59 Å². The SMILES string of the molecule is O=C(O)CCc1nnc(NC(=O)C2CCCO2)s1. The van der Waals surface area contributed by atoms with Gasteiger partial charge in [0, 0.05) is 13.0 Å². The number of nitrogens with one attached hydrogen (secondary N) is 1. The highest BCUT2D eigenvalue weighted by Crippen LogP contribution is 2.19. The highest BCUT2D eigenvalue weighted by molar-refractivity contribution is 7.15. The van der Waals surface area contributed by atoms with Crippen molar-refractivity contribution >= 4 is 28.3 Å². The first-order valence-electron chi connectivity index (χ1n) is 5.62. The lowest BCUT2D eigenvalue weighted by Gasteiger charge is -2.06. The van der Waals surface area contributed by atoms with Gasteiger partial charge in [0.15, 0.2) is 0 Å². The number of aromatic nitrogens is 2. The van der Waals surface area contributed by atoms with Crippen LogP contribution in [0.25, 0.3) is 0 Å². The van der Waals surface area contributed by atoms with Crippen molar-refractivity contribution in [3.8, 4) is 0 Å². The van der Waals surface area contributed by atoms with E-state index < -0.39 is 12.1 Å². The molecule has 8 heteroatoms. The Kier molecular flexibility index (Phi) is 4.21. The molecule has 0 spiro atoms. The highest BCUT2D eigenvalue weighted by Gasteiger charge is 2.24. The minimum atomic E-state index is -0.879. The maximum Gasteiger partial charge on any atom is 0.303 e. The van der Waals surface area contributed by atoms with Gasteiger partial charge in [-0.3, -0.25) is 14.9 Å². The van der Waals surface area contributed by atoms with Gasteiger partial charge < -0.3 is 9.84 Å². The molecule has 1 aromatic rings. The van der Waals surface area contributed by atoms with Gasteiger partial charge in [-0.05, 0) is 12.8 Å². The van der Waals surface area contributed by atoms with Gasteiger partial charge in [0.05, 0.1) is 6.42 Å². The molecule has 2 heterocycles. The molecule has 1 aliphatic heterocycles. The number of hydrogen-bond acceptors (Lipinski definition) is 6. The minimum Gasteiger partial charge on any atom is -0.481 e. The third-order valence-corrected chi connectivity index (χ3v) is 3.37. The quantitative estimate of drug-likeness (QED) is 0.816. The molecular weight excluding hydrogens is 258 g/mol. The number of nitrogens with zero attached hydrogens (tertiary/aromatic N) is 2. The summed E-state index contributed by atoms with van der Waals surface area (Å²) >= 11 is 1.19. The van der Waals surface area contributed by atoms with E-state index in [-0.39, 0.29) is 12.3 Å². The molecule has 2 N–H and O–H groups in total. The van der Waals surface area contributed by atoms with Crippen molar-refractivity contribution in [1.29, 1.82) is 0 Å². The highest BCUT2D eigenvalue weighted by atomic mass is 32.1. The molecule has 98 valence electrons. The second-order valence-corrected chi connectivity index (χ2v) is 4.95. The summed E-state index contributed by atoms with van der Waals surface area (Å²) in [4.78, 5) is 22.1. The lowest BCUT2D eigenvalue weighted by atomic mass is 10.2. The van der Waals surface area contributed by atoms with Gasteiger partial charge in [-0.25, -0.2) is 0 Å². The molecule has 0 bridgehead atoms. The van der Waals surface area contributed by atoms with E-state index in [4.69, 9.17) is 9.84 Å². The zero-order valence-electron chi connectivity index (χ0n) is 9.59. The predicted molar refractivity (Wildman–Crippen MR) is 63.5 cm³/mol. The Balaban J connectivity index is 1.85. The van der Waals surface area contributed by atoms with Crippen LogP contribution in [0.2, 0.25) is 0 Å². The molecule has 0 radical (unpaired) electrons. The maximum atomic E-state index is 11.7. The van der Waals surface area contributed by atoms with Crippen molar-refractivity contribution in [3.63, 3.8) is 0 Å². The summed E-state index contributed by atoms with van der Waals surface area (Å²) in [7, 11) is 0. The summed E-state index contributed by atoms with van der Waals surface area (Å²) in [5.41, 5.74) is 0. The van der Waals surface area contributed by atoms with Gasteiger partial charge in [0.1, 0.15) is 11.1 Å². The molecule has 1 fully saturated rings. The summed E-state index contributed by atoms with van der Waals surface area (Å²) in [6.45, 7) is 0.609. The zero-order chi connectivity index (χ0) is 13.0. The molecule has 1 aliphatic rings. The summed E-state index contributed by atoms with van der Waals surface area (Å²) in [6.07, 6.45) is 1.53. The number of carboxylic acids is 1.